The number of alkyl halides is 3. The highest BCUT2D eigenvalue weighted by Crippen LogP contribution is 2.43. The first-order valence-electron chi connectivity index (χ1n) is 12.9. The largest absolute Gasteiger partial charge is 0.496 e. The first-order chi connectivity index (χ1) is 18.3. The number of anilines is 1. The molecule has 2 aromatic rings. The average Bonchev–Trinajstić information content (AvgIpc) is 3.19. The molecule has 2 aliphatic rings. The zero-order valence-corrected chi connectivity index (χ0v) is 23.6. The lowest BCUT2D eigenvalue weighted by Crippen LogP contribution is -2.43. The minimum absolute atomic E-state index is 0.0126. The molecule has 2 saturated carbocycles. The van der Waals surface area contributed by atoms with Gasteiger partial charge < -0.3 is 15.4 Å². The summed E-state index contributed by atoms with van der Waals surface area (Å²) in [7, 11) is -1.60. The number of nitrogens with one attached hydrogen (secondary N) is 2. The summed E-state index contributed by atoms with van der Waals surface area (Å²) in [5.74, 6) is -0.812. The summed E-state index contributed by atoms with van der Waals surface area (Å²) in [6.45, 7) is 2.64. The van der Waals surface area contributed by atoms with Crippen molar-refractivity contribution in [3.05, 3.63) is 23.0 Å². The second-order valence-corrected chi connectivity index (χ2v) is 13.0. The molecule has 39 heavy (non-hydrogen) atoms. The fourth-order valence-corrected chi connectivity index (χ4v) is 6.68. The topological polar surface area (TPSA) is 115 Å². The normalized spacial score (nSPS) is 23.7. The molecule has 9 nitrogen and oxygen atoms in total. The Morgan fingerprint density at radius 3 is 2.46 bits per heavy atom. The second-order valence-electron chi connectivity index (χ2n) is 10.3. The van der Waals surface area contributed by atoms with E-state index in [2.05, 4.69) is 20.7 Å². The predicted molar refractivity (Wildman–Crippen MR) is 142 cm³/mol. The first-order valence-corrected chi connectivity index (χ1v) is 15.3. The molecule has 0 radical (unpaired) electrons. The van der Waals surface area contributed by atoms with Crippen molar-refractivity contribution in [2.75, 3.05) is 25.2 Å². The van der Waals surface area contributed by atoms with E-state index in [4.69, 9.17) is 16.3 Å². The molecule has 0 aromatic carbocycles. The van der Waals surface area contributed by atoms with Crippen LogP contribution >= 0.6 is 11.6 Å². The highest BCUT2D eigenvalue weighted by Gasteiger charge is 2.48. The Hall–Kier alpha value is -2.54. The van der Waals surface area contributed by atoms with Crippen molar-refractivity contribution >= 4 is 33.2 Å². The third-order valence-corrected chi connectivity index (χ3v) is 9.69. The number of halogens is 4. The van der Waals surface area contributed by atoms with E-state index in [1.54, 1.807) is 10.7 Å². The van der Waals surface area contributed by atoms with Crippen molar-refractivity contribution < 1.29 is 31.1 Å². The lowest BCUT2D eigenvalue weighted by molar-refractivity contribution is -0.195. The first kappa shape index (κ1) is 29.4. The molecular formula is C25H33ClF3N5O4S. The van der Waals surface area contributed by atoms with E-state index in [-0.39, 0.29) is 40.8 Å². The average molecular weight is 592 g/mol. The minimum atomic E-state index is -4.19. The van der Waals surface area contributed by atoms with Gasteiger partial charge in [-0.2, -0.15) is 18.3 Å². The highest BCUT2D eigenvalue weighted by molar-refractivity contribution is 7.91. The van der Waals surface area contributed by atoms with E-state index in [0.717, 1.165) is 0 Å². The van der Waals surface area contributed by atoms with Gasteiger partial charge in [-0.15, -0.1) is 0 Å². The molecule has 0 spiro atoms. The monoisotopic (exact) mass is 591 g/mol. The van der Waals surface area contributed by atoms with Crippen molar-refractivity contribution in [3.63, 3.8) is 0 Å². The van der Waals surface area contributed by atoms with Crippen LogP contribution in [0.25, 0.3) is 11.3 Å². The number of rotatable bonds is 9. The maximum absolute atomic E-state index is 13.0. The summed E-state index contributed by atoms with van der Waals surface area (Å²) in [5, 5.41) is 10.1. The van der Waals surface area contributed by atoms with Crippen LogP contribution in [0.15, 0.2) is 12.3 Å². The van der Waals surface area contributed by atoms with Crippen LogP contribution in [-0.4, -0.2) is 66.5 Å². The van der Waals surface area contributed by atoms with Gasteiger partial charge in [-0.3, -0.25) is 9.48 Å². The SMILES string of the molecule is CCn1nc(C(=O)NC[C@H]2CC[C@H](S(C)(=O)=O)CC2)c(Cl)c1-c1cnc(NC2CC(C(F)(F)F)C2)cc1OC. The van der Waals surface area contributed by atoms with Crippen LogP contribution in [-0.2, 0) is 16.4 Å². The number of aromatic nitrogens is 3. The number of aryl methyl sites for hydroxylation is 1. The summed E-state index contributed by atoms with van der Waals surface area (Å²) in [6.07, 6.45) is 1.12. The molecule has 14 heteroatoms. The van der Waals surface area contributed by atoms with E-state index >= 15 is 0 Å². The van der Waals surface area contributed by atoms with Crippen molar-refractivity contribution in [1.29, 1.82) is 0 Å². The number of sulfone groups is 1. The van der Waals surface area contributed by atoms with Gasteiger partial charge >= 0.3 is 6.18 Å². The maximum Gasteiger partial charge on any atom is 0.391 e. The minimum Gasteiger partial charge on any atom is -0.496 e. The number of nitrogens with zero attached hydrogens (tertiary/aromatic N) is 3. The molecule has 2 aromatic heterocycles. The Morgan fingerprint density at radius 1 is 1.23 bits per heavy atom. The molecule has 2 aliphatic carbocycles. The molecular weight excluding hydrogens is 559 g/mol. The molecule has 0 unspecified atom stereocenters. The van der Waals surface area contributed by atoms with Gasteiger partial charge in [0.1, 0.15) is 21.4 Å². The molecule has 0 saturated heterocycles. The van der Waals surface area contributed by atoms with E-state index < -0.39 is 27.8 Å². The Morgan fingerprint density at radius 2 is 1.90 bits per heavy atom. The molecule has 216 valence electrons. The fraction of sp³-hybridized carbons (Fsp3) is 0.640. The smallest absolute Gasteiger partial charge is 0.391 e. The number of methoxy groups -OCH3 is 1. The predicted octanol–water partition coefficient (Wildman–Crippen LogP) is 4.71. The summed E-state index contributed by atoms with van der Waals surface area (Å²) in [5.41, 5.74) is 0.979. The Kier molecular flexibility index (Phi) is 8.70. The van der Waals surface area contributed by atoms with E-state index in [1.807, 2.05) is 6.92 Å². The third kappa shape index (κ3) is 6.62. The van der Waals surface area contributed by atoms with Gasteiger partial charge in [0, 0.05) is 37.7 Å². The highest BCUT2D eigenvalue weighted by atomic mass is 35.5. The Balaban J connectivity index is 1.45. The third-order valence-electron chi connectivity index (χ3n) is 7.65. The van der Waals surface area contributed by atoms with Gasteiger partial charge in [-0.1, -0.05) is 11.6 Å². The van der Waals surface area contributed by atoms with Crippen LogP contribution in [0.2, 0.25) is 5.02 Å². The lowest BCUT2D eigenvalue weighted by Gasteiger charge is -2.37. The van der Waals surface area contributed by atoms with Gasteiger partial charge in [-0.05, 0) is 51.4 Å². The molecule has 0 aliphatic heterocycles. The van der Waals surface area contributed by atoms with E-state index in [0.29, 0.717) is 61.6 Å². The molecule has 0 bridgehead atoms. The fourth-order valence-electron chi connectivity index (χ4n) is 5.23. The maximum atomic E-state index is 13.0. The summed E-state index contributed by atoms with van der Waals surface area (Å²) in [4.78, 5) is 17.4. The van der Waals surface area contributed by atoms with E-state index in [1.165, 1.54) is 19.6 Å². The quantitative estimate of drug-likeness (QED) is 0.434. The molecule has 4 rings (SSSR count). The molecule has 2 N–H and O–H groups in total. The zero-order chi connectivity index (χ0) is 28.5. The standard InChI is InChI=1S/C25H33ClF3N5O4S/c1-4-34-23(18-13-30-20(11-19(18)38-2)32-16-9-15(10-16)25(27,28)29)21(26)22(33-34)24(35)31-12-14-5-7-17(8-6-14)39(3,36)37/h11,13-17H,4-10,12H2,1-3H3,(H,30,32)(H,31,35)/t14-,15?,16?,17-. The second kappa shape index (κ2) is 11.5. The van der Waals surface area contributed by atoms with Crippen molar-refractivity contribution in [3.8, 4) is 17.0 Å². The van der Waals surface area contributed by atoms with Crippen LogP contribution < -0.4 is 15.4 Å². The zero-order valence-electron chi connectivity index (χ0n) is 22.0. The van der Waals surface area contributed by atoms with Crippen LogP contribution in [0, 0.1) is 11.8 Å². The van der Waals surface area contributed by atoms with Gasteiger partial charge in [-0.25, -0.2) is 13.4 Å². The van der Waals surface area contributed by atoms with Gasteiger partial charge in [0.2, 0.25) is 0 Å². The van der Waals surface area contributed by atoms with Crippen LogP contribution in [0.3, 0.4) is 0 Å². The van der Waals surface area contributed by atoms with Crippen molar-refractivity contribution in [2.24, 2.45) is 11.8 Å². The van der Waals surface area contributed by atoms with Crippen molar-refractivity contribution in [2.45, 2.75) is 69.5 Å². The summed E-state index contributed by atoms with van der Waals surface area (Å²) in [6, 6.07) is 1.26. The number of hydrogen-bond donors (Lipinski definition) is 2. The van der Waals surface area contributed by atoms with Crippen molar-refractivity contribution in [1.82, 2.24) is 20.1 Å². The molecule has 0 atom stereocenters. The number of ether oxygens (including phenoxy) is 1. The number of hydrogen-bond acceptors (Lipinski definition) is 7. The number of carbonyl (C=O) groups is 1. The van der Waals surface area contributed by atoms with Gasteiger partial charge in [0.05, 0.1) is 34.6 Å². The van der Waals surface area contributed by atoms with E-state index in [9.17, 15) is 26.4 Å². The van der Waals surface area contributed by atoms with Crippen LogP contribution in [0.4, 0.5) is 19.0 Å². The lowest BCUT2D eigenvalue weighted by atomic mass is 9.80. The summed E-state index contributed by atoms with van der Waals surface area (Å²) >= 11 is 6.66. The molecule has 2 heterocycles. The Labute approximate surface area is 230 Å². The number of carbonyl (C=O) groups excluding carboxylic acids is 1. The number of pyridine rings is 1. The Bertz CT molecular complexity index is 1300. The molecule has 1 amide bonds. The number of amides is 1. The van der Waals surface area contributed by atoms with Gasteiger partial charge in [0.25, 0.3) is 5.91 Å². The summed E-state index contributed by atoms with van der Waals surface area (Å²) < 4.78 is 69.1. The van der Waals surface area contributed by atoms with Gasteiger partial charge in [0.15, 0.2) is 5.69 Å². The molecule has 2 fully saturated rings. The van der Waals surface area contributed by atoms with Crippen LogP contribution in [0.5, 0.6) is 5.75 Å². The van der Waals surface area contributed by atoms with Crippen LogP contribution in [0.1, 0.15) is 55.9 Å².